The van der Waals surface area contributed by atoms with Gasteiger partial charge in [-0.3, -0.25) is 4.79 Å². The van der Waals surface area contributed by atoms with Crippen molar-refractivity contribution in [2.75, 3.05) is 26.2 Å². The Morgan fingerprint density at radius 3 is 2.62 bits per heavy atom. The Morgan fingerprint density at radius 1 is 1.29 bits per heavy atom. The number of nitrogens with zero attached hydrogens (tertiary/aromatic N) is 2. The maximum atomic E-state index is 12.7. The summed E-state index contributed by atoms with van der Waals surface area (Å²) in [5, 5.41) is 0. The van der Waals surface area contributed by atoms with E-state index in [9.17, 15) is 9.59 Å². The number of carbonyl (C=O) groups is 2. The van der Waals surface area contributed by atoms with Crippen molar-refractivity contribution in [1.82, 2.24) is 9.80 Å². The summed E-state index contributed by atoms with van der Waals surface area (Å²) in [7, 11) is 0. The van der Waals surface area contributed by atoms with Crippen molar-refractivity contribution in [3.05, 3.63) is 0 Å². The van der Waals surface area contributed by atoms with Gasteiger partial charge in [-0.2, -0.15) is 0 Å². The summed E-state index contributed by atoms with van der Waals surface area (Å²) in [5.41, 5.74) is -0.847. The first-order valence-electron chi connectivity index (χ1n) is 8.05. The highest BCUT2D eigenvalue weighted by Gasteiger charge is 2.49. The van der Waals surface area contributed by atoms with Crippen LogP contribution in [-0.2, 0) is 9.53 Å². The van der Waals surface area contributed by atoms with Crippen molar-refractivity contribution in [2.45, 2.75) is 59.0 Å². The summed E-state index contributed by atoms with van der Waals surface area (Å²) in [5.74, 6) is 0.234. The molecule has 0 N–H and O–H groups in total. The monoisotopic (exact) mass is 296 g/mol. The molecule has 0 aromatic heterocycles. The Kier molecular flexibility index (Phi) is 4.49. The SMILES string of the molecule is CCCN1CCC2(CCCN(C(=O)OC(C)(C)C)C2)C1=O. The predicted molar refractivity (Wildman–Crippen MR) is 81.0 cm³/mol. The fraction of sp³-hybridized carbons (Fsp3) is 0.875. The molecule has 2 amide bonds. The zero-order valence-electron chi connectivity index (χ0n) is 13.8. The van der Waals surface area contributed by atoms with Crippen LogP contribution in [-0.4, -0.2) is 53.6 Å². The number of hydrogen-bond acceptors (Lipinski definition) is 3. The average Bonchev–Trinajstić information content (AvgIpc) is 2.67. The maximum absolute atomic E-state index is 12.7. The van der Waals surface area contributed by atoms with E-state index in [2.05, 4.69) is 6.92 Å². The number of rotatable bonds is 2. The summed E-state index contributed by atoms with van der Waals surface area (Å²) >= 11 is 0. The minimum atomic E-state index is -0.490. The summed E-state index contributed by atoms with van der Waals surface area (Å²) in [6.45, 7) is 10.6. The lowest BCUT2D eigenvalue weighted by Crippen LogP contribution is -2.51. The molecule has 1 spiro atoms. The first kappa shape index (κ1) is 16.1. The van der Waals surface area contributed by atoms with Crippen LogP contribution < -0.4 is 0 Å². The molecule has 5 nitrogen and oxygen atoms in total. The van der Waals surface area contributed by atoms with Crippen LogP contribution in [0.2, 0.25) is 0 Å². The van der Waals surface area contributed by atoms with Crippen LogP contribution in [0.15, 0.2) is 0 Å². The second kappa shape index (κ2) is 5.85. The number of likely N-dealkylation sites (tertiary alicyclic amines) is 2. The first-order valence-corrected chi connectivity index (χ1v) is 8.05. The molecule has 120 valence electrons. The Hall–Kier alpha value is -1.26. The smallest absolute Gasteiger partial charge is 0.410 e. The molecule has 2 heterocycles. The van der Waals surface area contributed by atoms with Crippen LogP contribution in [0.25, 0.3) is 0 Å². The van der Waals surface area contributed by atoms with E-state index in [1.165, 1.54) is 0 Å². The van der Waals surface area contributed by atoms with Crippen molar-refractivity contribution >= 4 is 12.0 Å². The summed E-state index contributed by atoms with van der Waals surface area (Å²) in [4.78, 5) is 28.6. The van der Waals surface area contributed by atoms with Gasteiger partial charge in [-0.15, -0.1) is 0 Å². The third-order valence-corrected chi connectivity index (χ3v) is 4.32. The minimum Gasteiger partial charge on any atom is -0.444 e. The Bertz CT molecular complexity index is 416. The highest BCUT2D eigenvalue weighted by Crippen LogP contribution is 2.40. The number of hydrogen-bond donors (Lipinski definition) is 0. The largest absolute Gasteiger partial charge is 0.444 e. The van der Waals surface area contributed by atoms with Gasteiger partial charge in [-0.05, 0) is 46.5 Å². The fourth-order valence-electron chi connectivity index (χ4n) is 3.37. The molecule has 1 unspecified atom stereocenters. The predicted octanol–water partition coefficient (Wildman–Crippen LogP) is 2.65. The molecular weight excluding hydrogens is 268 g/mol. The van der Waals surface area contributed by atoms with Gasteiger partial charge in [0.15, 0.2) is 0 Å². The Morgan fingerprint density at radius 2 is 2.00 bits per heavy atom. The lowest BCUT2D eigenvalue weighted by Gasteiger charge is -2.39. The van der Waals surface area contributed by atoms with Crippen LogP contribution in [0, 0.1) is 5.41 Å². The van der Waals surface area contributed by atoms with Gasteiger partial charge in [0.25, 0.3) is 0 Å². The van der Waals surface area contributed by atoms with E-state index in [4.69, 9.17) is 4.74 Å². The summed E-state index contributed by atoms with van der Waals surface area (Å²) in [6.07, 6.45) is 3.34. The maximum Gasteiger partial charge on any atom is 0.410 e. The van der Waals surface area contributed by atoms with E-state index in [-0.39, 0.29) is 17.4 Å². The fourth-order valence-corrected chi connectivity index (χ4v) is 3.37. The standard InChI is InChI=1S/C16H28N2O3/c1-5-9-17-11-8-16(13(17)19)7-6-10-18(12-16)14(20)21-15(2,3)4/h5-12H2,1-4H3. The van der Waals surface area contributed by atoms with Gasteiger partial charge >= 0.3 is 6.09 Å². The number of carbonyl (C=O) groups excluding carboxylic acids is 2. The number of amides is 2. The minimum absolute atomic E-state index is 0.234. The van der Waals surface area contributed by atoms with E-state index < -0.39 is 5.60 Å². The molecule has 2 saturated heterocycles. The molecular formula is C16H28N2O3. The molecule has 2 aliphatic heterocycles. The highest BCUT2D eigenvalue weighted by molar-refractivity contribution is 5.86. The number of ether oxygens (including phenoxy) is 1. The van der Waals surface area contributed by atoms with Crippen LogP contribution in [0.4, 0.5) is 4.79 Å². The van der Waals surface area contributed by atoms with Crippen LogP contribution >= 0.6 is 0 Å². The van der Waals surface area contributed by atoms with Gasteiger partial charge in [-0.25, -0.2) is 4.79 Å². The zero-order valence-corrected chi connectivity index (χ0v) is 13.8. The molecule has 0 aliphatic carbocycles. The molecule has 0 aromatic carbocycles. The second-order valence-electron chi connectivity index (χ2n) is 7.33. The molecule has 2 fully saturated rings. The molecule has 21 heavy (non-hydrogen) atoms. The van der Waals surface area contributed by atoms with Crippen LogP contribution in [0.5, 0.6) is 0 Å². The van der Waals surface area contributed by atoms with Gasteiger partial charge < -0.3 is 14.5 Å². The first-order chi connectivity index (χ1) is 9.77. The molecule has 0 aromatic rings. The number of piperidine rings is 1. The van der Waals surface area contributed by atoms with Crippen LogP contribution in [0.1, 0.15) is 53.4 Å². The molecule has 2 rings (SSSR count). The Balaban J connectivity index is 2.04. The lowest BCUT2D eigenvalue weighted by atomic mass is 9.78. The van der Waals surface area contributed by atoms with E-state index in [1.807, 2.05) is 25.7 Å². The normalized spacial score (nSPS) is 26.6. The van der Waals surface area contributed by atoms with Gasteiger partial charge in [-0.1, -0.05) is 6.92 Å². The van der Waals surface area contributed by atoms with E-state index in [1.54, 1.807) is 4.90 Å². The van der Waals surface area contributed by atoms with Gasteiger partial charge in [0, 0.05) is 26.2 Å². The van der Waals surface area contributed by atoms with Crippen molar-refractivity contribution in [2.24, 2.45) is 5.41 Å². The topological polar surface area (TPSA) is 49.9 Å². The molecule has 5 heteroatoms. The van der Waals surface area contributed by atoms with Gasteiger partial charge in [0.1, 0.15) is 5.60 Å². The third-order valence-electron chi connectivity index (χ3n) is 4.32. The van der Waals surface area contributed by atoms with Crippen molar-refractivity contribution < 1.29 is 14.3 Å². The molecule has 1 atom stereocenters. The van der Waals surface area contributed by atoms with E-state index >= 15 is 0 Å². The third kappa shape index (κ3) is 3.50. The van der Waals surface area contributed by atoms with Gasteiger partial charge in [0.2, 0.25) is 5.91 Å². The second-order valence-corrected chi connectivity index (χ2v) is 7.33. The Labute approximate surface area is 127 Å². The van der Waals surface area contributed by atoms with Crippen molar-refractivity contribution in [3.8, 4) is 0 Å². The summed E-state index contributed by atoms with van der Waals surface area (Å²) in [6, 6.07) is 0. The van der Waals surface area contributed by atoms with Crippen LogP contribution in [0.3, 0.4) is 0 Å². The molecule has 2 aliphatic rings. The highest BCUT2D eigenvalue weighted by atomic mass is 16.6. The molecule has 0 saturated carbocycles. The van der Waals surface area contributed by atoms with E-state index in [0.717, 1.165) is 38.8 Å². The van der Waals surface area contributed by atoms with E-state index in [0.29, 0.717) is 13.1 Å². The summed E-state index contributed by atoms with van der Waals surface area (Å²) < 4.78 is 5.45. The quantitative estimate of drug-likeness (QED) is 0.787. The van der Waals surface area contributed by atoms with Gasteiger partial charge in [0.05, 0.1) is 5.41 Å². The van der Waals surface area contributed by atoms with Crippen molar-refractivity contribution in [3.63, 3.8) is 0 Å². The molecule has 0 radical (unpaired) electrons. The average molecular weight is 296 g/mol. The molecule has 0 bridgehead atoms. The zero-order chi connectivity index (χ0) is 15.7. The lowest BCUT2D eigenvalue weighted by molar-refractivity contribution is -0.138. The van der Waals surface area contributed by atoms with Crippen molar-refractivity contribution in [1.29, 1.82) is 0 Å².